The van der Waals surface area contributed by atoms with Crippen molar-refractivity contribution in [2.75, 3.05) is 19.8 Å². The lowest BCUT2D eigenvalue weighted by atomic mass is 9.95. The van der Waals surface area contributed by atoms with Crippen LogP contribution >= 0.6 is 0 Å². The molecule has 44 heavy (non-hydrogen) atoms. The van der Waals surface area contributed by atoms with Gasteiger partial charge in [0.25, 0.3) is 0 Å². The van der Waals surface area contributed by atoms with Crippen LogP contribution in [0.4, 0.5) is 0 Å². The molecule has 0 saturated carbocycles. The SMILES string of the molecule is CC1O[C@@H](OC2C(O)[C@@H](O)C(CO)O[C@H]2OC2C(N)C(OC3C(O)[C@H](O)OC(CO)[C@@H]3O)OC(CO)[C@@H]2O)C(O)C(O)[C@H]1O. The van der Waals surface area contributed by atoms with Gasteiger partial charge >= 0.3 is 0 Å². The van der Waals surface area contributed by atoms with Crippen molar-refractivity contribution >= 4 is 0 Å². The van der Waals surface area contributed by atoms with E-state index in [-0.39, 0.29) is 0 Å². The fraction of sp³-hybridized carbons (Fsp3) is 1.00. The Morgan fingerprint density at radius 1 is 0.477 bits per heavy atom. The Bertz CT molecular complexity index is 908. The number of aliphatic hydroxyl groups is 12. The van der Waals surface area contributed by atoms with E-state index in [1.165, 1.54) is 6.92 Å². The molecular formula is C24H43NO19. The molecule has 0 spiro atoms. The van der Waals surface area contributed by atoms with Crippen LogP contribution in [0.15, 0.2) is 0 Å². The van der Waals surface area contributed by atoms with Gasteiger partial charge < -0.3 is 100 Å². The minimum Gasteiger partial charge on any atom is -0.394 e. The van der Waals surface area contributed by atoms with Crippen LogP contribution in [0.3, 0.4) is 0 Å². The Hall–Kier alpha value is -0.800. The van der Waals surface area contributed by atoms with E-state index in [2.05, 4.69) is 0 Å². The molecule has 13 unspecified atom stereocenters. The number of rotatable bonds is 9. The first kappa shape index (κ1) is 36.0. The van der Waals surface area contributed by atoms with Crippen LogP contribution in [0.1, 0.15) is 6.92 Å². The minimum absolute atomic E-state index is 0.763. The second kappa shape index (κ2) is 15.0. The molecule has 4 rings (SSSR count). The van der Waals surface area contributed by atoms with Crippen molar-refractivity contribution in [2.45, 2.75) is 130 Å². The maximum atomic E-state index is 10.9. The van der Waals surface area contributed by atoms with E-state index in [0.717, 1.165) is 0 Å². The molecule has 20 atom stereocenters. The normalized spacial score (nSPS) is 53.9. The second-order valence-corrected chi connectivity index (χ2v) is 11.2. The molecule has 258 valence electrons. The second-order valence-electron chi connectivity index (χ2n) is 11.2. The molecule has 20 heteroatoms. The Balaban J connectivity index is 1.57. The number of nitrogens with two attached hydrogens (primary N) is 1. The third kappa shape index (κ3) is 7.05. The molecule has 20 nitrogen and oxygen atoms in total. The standard InChI is InChI=1S/C24H43NO19/c1-5-10(29)14(33)16(35)23(38-5)44-20-15(34)11(30)6(2-26)41-24(20)42-18-9(25)22(40-8(4-28)12(18)31)43-19-13(32)7(3-27)39-21(37)17(19)36/h5-24,26-37H,2-4,25H2,1H3/t5?,6?,7?,8?,9?,10-,11-,12-,13-,14?,15?,16?,17?,18?,19?,20?,21+,22?,23-,24-/m0/s1. The smallest absolute Gasteiger partial charge is 0.187 e. The van der Waals surface area contributed by atoms with E-state index < -0.39 is 143 Å². The number of aliphatic hydroxyl groups excluding tert-OH is 12. The van der Waals surface area contributed by atoms with Gasteiger partial charge in [0.15, 0.2) is 25.2 Å². The van der Waals surface area contributed by atoms with Crippen molar-refractivity contribution in [1.82, 2.24) is 0 Å². The van der Waals surface area contributed by atoms with E-state index >= 15 is 0 Å². The molecule has 0 aromatic carbocycles. The van der Waals surface area contributed by atoms with E-state index in [9.17, 15) is 61.3 Å². The van der Waals surface area contributed by atoms with Crippen molar-refractivity contribution in [1.29, 1.82) is 0 Å². The summed E-state index contributed by atoms with van der Waals surface area (Å²) in [6, 6.07) is -1.53. The molecule has 0 aliphatic carbocycles. The van der Waals surface area contributed by atoms with Gasteiger partial charge in [0.2, 0.25) is 0 Å². The lowest BCUT2D eigenvalue weighted by molar-refractivity contribution is -0.384. The number of hydrogen-bond acceptors (Lipinski definition) is 20. The van der Waals surface area contributed by atoms with Gasteiger partial charge in [-0.15, -0.1) is 0 Å². The van der Waals surface area contributed by atoms with E-state index in [0.29, 0.717) is 0 Å². The summed E-state index contributed by atoms with van der Waals surface area (Å²) < 4.78 is 38.6. The summed E-state index contributed by atoms with van der Waals surface area (Å²) in [5.41, 5.74) is 6.28. The summed E-state index contributed by atoms with van der Waals surface area (Å²) in [5.74, 6) is 0. The van der Waals surface area contributed by atoms with Crippen molar-refractivity contribution in [3.05, 3.63) is 0 Å². The van der Waals surface area contributed by atoms with E-state index in [4.69, 9.17) is 38.9 Å². The Kier molecular flexibility index (Phi) is 12.3. The van der Waals surface area contributed by atoms with Gasteiger partial charge in [-0.2, -0.15) is 0 Å². The summed E-state index contributed by atoms with van der Waals surface area (Å²) in [4.78, 5) is 0. The maximum absolute atomic E-state index is 10.9. The van der Waals surface area contributed by atoms with Crippen LogP contribution < -0.4 is 5.73 Å². The first-order valence-electron chi connectivity index (χ1n) is 14.0. The molecule has 0 amide bonds. The van der Waals surface area contributed by atoms with Crippen molar-refractivity contribution in [2.24, 2.45) is 5.73 Å². The number of ether oxygens (including phenoxy) is 7. The van der Waals surface area contributed by atoms with Gasteiger partial charge in [0.1, 0.15) is 85.5 Å². The van der Waals surface area contributed by atoms with Crippen molar-refractivity contribution in [3.63, 3.8) is 0 Å². The highest BCUT2D eigenvalue weighted by Crippen LogP contribution is 2.34. The van der Waals surface area contributed by atoms with Crippen LogP contribution in [-0.4, -0.2) is 204 Å². The summed E-state index contributed by atoms with van der Waals surface area (Å²) in [5, 5.41) is 123. The summed E-state index contributed by atoms with van der Waals surface area (Å²) in [6.07, 6.45) is -31.5. The minimum atomic E-state index is -1.89. The quantitative estimate of drug-likeness (QED) is 0.110. The lowest BCUT2D eigenvalue weighted by Gasteiger charge is -2.49. The molecule has 0 radical (unpaired) electrons. The van der Waals surface area contributed by atoms with E-state index in [1.54, 1.807) is 0 Å². The number of hydrogen-bond donors (Lipinski definition) is 13. The zero-order valence-corrected chi connectivity index (χ0v) is 23.5. The third-order valence-corrected chi connectivity index (χ3v) is 8.25. The molecule has 4 saturated heterocycles. The fourth-order valence-corrected chi connectivity index (χ4v) is 5.51. The molecule has 0 bridgehead atoms. The monoisotopic (exact) mass is 649 g/mol. The summed E-state index contributed by atoms with van der Waals surface area (Å²) in [7, 11) is 0. The predicted octanol–water partition coefficient (Wildman–Crippen LogP) is -8.75. The van der Waals surface area contributed by atoms with E-state index in [1.807, 2.05) is 0 Å². The average molecular weight is 650 g/mol. The Morgan fingerprint density at radius 3 is 1.59 bits per heavy atom. The van der Waals surface area contributed by atoms with Crippen LogP contribution in [0, 0.1) is 0 Å². The molecular weight excluding hydrogens is 606 g/mol. The molecule has 4 fully saturated rings. The highest BCUT2D eigenvalue weighted by atomic mass is 16.8. The van der Waals surface area contributed by atoms with Crippen LogP contribution in [-0.2, 0) is 33.2 Å². The molecule has 4 heterocycles. The summed E-state index contributed by atoms with van der Waals surface area (Å²) >= 11 is 0. The van der Waals surface area contributed by atoms with Gasteiger partial charge in [0.05, 0.1) is 32.0 Å². The highest BCUT2D eigenvalue weighted by molar-refractivity contribution is 4.98. The van der Waals surface area contributed by atoms with Crippen LogP contribution in [0.2, 0.25) is 0 Å². The topological polar surface area (TPSA) is 333 Å². The van der Waals surface area contributed by atoms with Crippen molar-refractivity contribution in [3.8, 4) is 0 Å². The molecule has 0 aromatic heterocycles. The summed E-state index contributed by atoms with van der Waals surface area (Å²) in [6.45, 7) is -1.05. The lowest BCUT2D eigenvalue weighted by Crippen LogP contribution is -2.69. The third-order valence-electron chi connectivity index (χ3n) is 8.25. The zero-order chi connectivity index (χ0) is 32.6. The van der Waals surface area contributed by atoms with Gasteiger partial charge in [-0.25, -0.2) is 0 Å². The fourth-order valence-electron chi connectivity index (χ4n) is 5.51. The van der Waals surface area contributed by atoms with Crippen LogP contribution in [0.5, 0.6) is 0 Å². The Morgan fingerprint density at radius 2 is 0.977 bits per heavy atom. The predicted molar refractivity (Wildman–Crippen MR) is 134 cm³/mol. The van der Waals surface area contributed by atoms with Gasteiger partial charge in [0, 0.05) is 0 Å². The van der Waals surface area contributed by atoms with Gasteiger partial charge in [-0.3, -0.25) is 0 Å². The maximum Gasteiger partial charge on any atom is 0.187 e. The van der Waals surface area contributed by atoms with Crippen LogP contribution in [0.25, 0.3) is 0 Å². The van der Waals surface area contributed by atoms with Gasteiger partial charge in [-0.05, 0) is 6.92 Å². The molecule has 4 aliphatic rings. The molecule has 4 aliphatic heterocycles. The Labute approximate surface area is 250 Å². The van der Waals surface area contributed by atoms with Gasteiger partial charge in [-0.1, -0.05) is 0 Å². The molecule has 0 aromatic rings. The first-order valence-corrected chi connectivity index (χ1v) is 14.0. The average Bonchev–Trinajstić information content (AvgIpc) is 3.00. The highest BCUT2D eigenvalue weighted by Gasteiger charge is 2.55. The first-order chi connectivity index (χ1) is 20.7. The van der Waals surface area contributed by atoms with Crippen molar-refractivity contribution < 1.29 is 94.4 Å². The largest absolute Gasteiger partial charge is 0.394 e. The molecule has 14 N–H and O–H groups in total. The zero-order valence-electron chi connectivity index (χ0n) is 23.5.